The van der Waals surface area contributed by atoms with Crippen LogP contribution in [0.15, 0.2) is 34.9 Å². The summed E-state index contributed by atoms with van der Waals surface area (Å²) >= 11 is 0. The fourth-order valence-corrected chi connectivity index (χ4v) is 4.65. The summed E-state index contributed by atoms with van der Waals surface area (Å²) in [6.45, 7) is 1.44. The lowest BCUT2D eigenvalue weighted by molar-refractivity contribution is 0.0949. The number of benzene rings is 1. The van der Waals surface area contributed by atoms with Crippen molar-refractivity contribution in [3.63, 3.8) is 0 Å². The summed E-state index contributed by atoms with van der Waals surface area (Å²) in [6, 6.07) is 9.52. The fraction of sp³-hybridized carbons (Fsp3) is 0.435. The Labute approximate surface area is 169 Å². The molecule has 2 aliphatic rings. The minimum atomic E-state index is -0.0523. The van der Waals surface area contributed by atoms with Gasteiger partial charge in [0.2, 0.25) is 0 Å². The van der Waals surface area contributed by atoms with Crippen molar-refractivity contribution in [1.29, 1.82) is 0 Å². The molecule has 29 heavy (non-hydrogen) atoms. The molecule has 2 aromatic heterocycles. The molecule has 150 valence electrons. The number of aryl methyl sites for hydroxylation is 1. The predicted octanol–water partition coefficient (Wildman–Crippen LogP) is 4.24. The van der Waals surface area contributed by atoms with Crippen molar-refractivity contribution in [2.24, 2.45) is 0 Å². The fourth-order valence-electron chi connectivity index (χ4n) is 4.65. The van der Waals surface area contributed by atoms with Crippen LogP contribution in [0.3, 0.4) is 0 Å². The second-order valence-corrected chi connectivity index (χ2v) is 8.22. The van der Waals surface area contributed by atoms with E-state index in [9.17, 15) is 9.59 Å². The van der Waals surface area contributed by atoms with Gasteiger partial charge < -0.3 is 14.4 Å². The minimum absolute atomic E-state index is 0.00636. The summed E-state index contributed by atoms with van der Waals surface area (Å²) < 4.78 is 7.49. The highest BCUT2D eigenvalue weighted by molar-refractivity contribution is 6.03. The Morgan fingerprint density at radius 3 is 2.86 bits per heavy atom. The number of nitrogens with one attached hydrogen (secondary N) is 1. The summed E-state index contributed by atoms with van der Waals surface area (Å²) in [6.07, 6.45) is 7.18. The van der Waals surface area contributed by atoms with Crippen molar-refractivity contribution < 1.29 is 14.1 Å². The van der Waals surface area contributed by atoms with Crippen LogP contribution < -0.4 is 5.32 Å². The maximum atomic E-state index is 12.9. The van der Waals surface area contributed by atoms with Crippen molar-refractivity contribution in [3.8, 4) is 0 Å². The van der Waals surface area contributed by atoms with Gasteiger partial charge in [-0.05, 0) is 31.4 Å². The summed E-state index contributed by atoms with van der Waals surface area (Å²) in [5, 5.41) is 8.12. The van der Waals surface area contributed by atoms with Crippen LogP contribution in [0.2, 0.25) is 0 Å². The van der Waals surface area contributed by atoms with Gasteiger partial charge in [-0.3, -0.25) is 9.59 Å². The molecule has 3 aromatic rings. The molecule has 1 aromatic carbocycles. The van der Waals surface area contributed by atoms with E-state index in [2.05, 4.69) is 10.5 Å². The van der Waals surface area contributed by atoms with Crippen molar-refractivity contribution in [1.82, 2.24) is 15.0 Å². The number of carbonyl (C=O) groups is 2. The number of ketones is 1. The quantitative estimate of drug-likeness (QED) is 0.675. The number of hydrogen-bond acceptors (Lipinski definition) is 4. The van der Waals surface area contributed by atoms with Crippen LogP contribution in [-0.4, -0.2) is 28.0 Å². The van der Waals surface area contributed by atoms with E-state index >= 15 is 0 Å². The molecule has 1 aliphatic heterocycles. The summed E-state index contributed by atoms with van der Waals surface area (Å²) in [5.74, 6) is 1.05. The van der Waals surface area contributed by atoms with Crippen LogP contribution in [-0.2, 0) is 13.0 Å². The van der Waals surface area contributed by atoms with E-state index in [-0.39, 0.29) is 18.1 Å². The number of fused-ring (bicyclic) bond motifs is 3. The molecule has 6 nitrogen and oxygen atoms in total. The summed E-state index contributed by atoms with van der Waals surface area (Å²) in [5.41, 5.74) is 3.22. The van der Waals surface area contributed by atoms with E-state index in [1.807, 2.05) is 34.9 Å². The van der Waals surface area contributed by atoms with Gasteiger partial charge in [0.25, 0.3) is 5.91 Å². The molecule has 1 fully saturated rings. The Morgan fingerprint density at radius 2 is 2.00 bits per heavy atom. The van der Waals surface area contributed by atoms with Gasteiger partial charge in [0, 0.05) is 41.5 Å². The SMILES string of the molecule is O=C(Cc1cc(C2CCCCC2)no1)c1ccc2cc3n(c2c1)CCCNC3=O. The largest absolute Gasteiger partial charge is 0.361 e. The summed E-state index contributed by atoms with van der Waals surface area (Å²) in [4.78, 5) is 25.1. The normalized spacial score (nSPS) is 17.7. The Balaban J connectivity index is 1.38. The molecule has 3 heterocycles. The van der Waals surface area contributed by atoms with E-state index in [0.717, 1.165) is 42.4 Å². The molecule has 0 bridgehead atoms. The Bertz CT molecular complexity index is 1070. The number of carbonyl (C=O) groups excluding carboxylic acids is 2. The highest BCUT2D eigenvalue weighted by atomic mass is 16.5. The van der Waals surface area contributed by atoms with Gasteiger partial charge in [-0.1, -0.05) is 36.6 Å². The van der Waals surface area contributed by atoms with E-state index < -0.39 is 0 Å². The third kappa shape index (κ3) is 3.48. The Hall–Kier alpha value is -2.89. The standard InChI is InChI=1S/C23H25N3O3/c27-22(14-18-13-19(25-29-18)15-5-2-1-3-6-15)17-8-7-16-11-21-23(28)24-9-4-10-26(21)20(16)12-17/h7-8,11-13,15H,1-6,9-10,14H2,(H,24,28). The zero-order valence-electron chi connectivity index (χ0n) is 16.4. The molecule has 0 radical (unpaired) electrons. The molecule has 0 spiro atoms. The lowest BCUT2D eigenvalue weighted by atomic mass is 9.87. The maximum Gasteiger partial charge on any atom is 0.267 e. The van der Waals surface area contributed by atoms with Gasteiger partial charge in [-0.25, -0.2) is 0 Å². The first-order valence-electron chi connectivity index (χ1n) is 10.6. The van der Waals surface area contributed by atoms with Gasteiger partial charge in [0.05, 0.1) is 12.1 Å². The van der Waals surface area contributed by atoms with Crippen LogP contribution in [0.1, 0.15) is 76.7 Å². The maximum absolute atomic E-state index is 12.9. The second-order valence-electron chi connectivity index (χ2n) is 8.22. The van der Waals surface area contributed by atoms with Gasteiger partial charge in [0.1, 0.15) is 11.5 Å². The number of hydrogen-bond donors (Lipinski definition) is 1. The lowest BCUT2D eigenvalue weighted by Gasteiger charge is -2.18. The van der Waals surface area contributed by atoms with Gasteiger partial charge in [0.15, 0.2) is 5.78 Å². The summed E-state index contributed by atoms with van der Waals surface area (Å²) in [7, 11) is 0. The molecule has 1 amide bonds. The van der Waals surface area contributed by atoms with E-state index in [1.54, 1.807) is 0 Å². The van der Waals surface area contributed by atoms with Crippen molar-refractivity contribution in [2.45, 2.75) is 57.4 Å². The number of amides is 1. The zero-order valence-corrected chi connectivity index (χ0v) is 16.4. The second kappa shape index (κ2) is 7.50. The number of rotatable bonds is 4. The van der Waals surface area contributed by atoms with Crippen molar-refractivity contribution >= 4 is 22.6 Å². The Kier molecular flexibility index (Phi) is 4.70. The molecule has 1 aliphatic carbocycles. The molecular formula is C23H25N3O3. The van der Waals surface area contributed by atoms with Crippen LogP contribution in [0, 0.1) is 0 Å². The van der Waals surface area contributed by atoms with Gasteiger partial charge in [-0.15, -0.1) is 0 Å². The number of Topliss-reactive ketones (excluding diaryl/α,β-unsaturated/α-hetero) is 1. The first kappa shape index (κ1) is 18.2. The van der Waals surface area contributed by atoms with Gasteiger partial charge >= 0.3 is 0 Å². The molecule has 1 N–H and O–H groups in total. The van der Waals surface area contributed by atoms with Crippen LogP contribution in [0.25, 0.3) is 10.9 Å². The topological polar surface area (TPSA) is 77.1 Å². The van der Waals surface area contributed by atoms with Crippen LogP contribution in [0.4, 0.5) is 0 Å². The first-order chi connectivity index (χ1) is 14.2. The van der Waals surface area contributed by atoms with Gasteiger partial charge in [-0.2, -0.15) is 0 Å². The highest BCUT2D eigenvalue weighted by Gasteiger charge is 2.22. The number of nitrogens with zero attached hydrogens (tertiary/aromatic N) is 2. The van der Waals surface area contributed by atoms with E-state index in [4.69, 9.17) is 4.52 Å². The monoisotopic (exact) mass is 391 g/mol. The Morgan fingerprint density at radius 1 is 1.14 bits per heavy atom. The third-order valence-corrected chi connectivity index (χ3v) is 6.24. The predicted molar refractivity (Wildman–Crippen MR) is 109 cm³/mol. The molecule has 6 heteroatoms. The molecular weight excluding hydrogens is 366 g/mol. The average molecular weight is 391 g/mol. The molecule has 5 rings (SSSR count). The van der Waals surface area contributed by atoms with Crippen molar-refractivity contribution in [2.75, 3.05) is 6.54 Å². The van der Waals surface area contributed by atoms with Crippen LogP contribution in [0.5, 0.6) is 0 Å². The van der Waals surface area contributed by atoms with Crippen molar-refractivity contribution in [3.05, 3.63) is 53.0 Å². The molecule has 0 saturated heterocycles. The molecule has 0 atom stereocenters. The molecule has 1 saturated carbocycles. The minimum Gasteiger partial charge on any atom is -0.361 e. The van der Waals surface area contributed by atoms with E-state index in [0.29, 0.717) is 29.5 Å². The zero-order chi connectivity index (χ0) is 19.8. The lowest BCUT2D eigenvalue weighted by Crippen LogP contribution is -2.22. The number of aromatic nitrogens is 2. The smallest absolute Gasteiger partial charge is 0.267 e. The highest BCUT2D eigenvalue weighted by Crippen LogP contribution is 2.32. The van der Waals surface area contributed by atoms with Crippen LogP contribution >= 0.6 is 0 Å². The van der Waals surface area contributed by atoms with E-state index in [1.165, 1.54) is 19.3 Å². The first-order valence-corrected chi connectivity index (χ1v) is 10.6. The average Bonchev–Trinajstić information content (AvgIpc) is 3.31. The third-order valence-electron chi connectivity index (χ3n) is 6.24. The molecule has 0 unspecified atom stereocenters.